The van der Waals surface area contributed by atoms with Crippen LogP contribution in [0.25, 0.3) is 11.2 Å². The number of benzene rings is 1. The summed E-state index contributed by atoms with van der Waals surface area (Å²) < 4.78 is 4.22. The van der Waals surface area contributed by atoms with E-state index in [4.69, 9.17) is 0 Å². The standard InChI is InChI=1S/C20H23N5O3/c1-22-18-17(19(27)23(2)20(22)28)25(13-14-8-4-3-5-9-14)15(21-18)12-16(26)24-10-6-7-11-24/h3-5,8-9H,6-7,10-13H2,1-2H3. The van der Waals surface area contributed by atoms with E-state index in [0.29, 0.717) is 23.5 Å². The van der Waals surface area contributed by atoms with Crippen molar-refractivity contribution in [3.8, 4) is 0 Å². The number of amides is 1. The molecule has 3 heterocycles. The highest BCUT2D eigenvalue weighted by Crippen LogP contribution is 2.17. The van der Waals surface area contributed by atoms with Crippen LogP contribution in [-0.2, 0) is 31.9 Å². The van der Waals surface area contributed by atoms with Crippen LogP contribution in [0.5, 0.6) is 0 Å². The molecule has 1 aliphatic rings. The third-order valence-electron chi connectivity index (χ3n) is 5.38. The van der Waals surface area contributed by atoms with Gasteiger partial charge in [-0.1, -0.05) is 30.3 Å². The van der Waals surface area contributed by atoms with Crippen LogP contribution < -0.4 is 11.2 Å². The molecule has 8 heteroatoms. The van der Waals surface area contributed by atoms with Crippen LogP contribution in [0.3, 0.4) is 0 Å². The molecule has 1 aromatic carbocycles. The Morgan fingerprint density at radius 3 is 2.39 bits per heavy atom. The average Bonchev–Trinajstić information content (AvgIpc) is 3.35. The van der Waals surface area contributed by atoms with Gasteiger partial charge in [0, 0.05) is 33.7 Å². The van der Waals surface area contributed by atoms with E-state index in [2.05, 4.69) is 4.98 Å². The predicted octanol–water partition coefficient (Wildman–Crippen LogP) is 0.647. The van der Waals surface area contributed by atoms with Gasteiger partial charge in [0.2, 0.25) is 5.91 Å². The molecule has 0 atom stereocenters. The van der Waals surface area contributed by atoms with E-state index in [-0.39, 0.29) is 12.3 Å². The first-order chi connectivity index (χ1) is 13.5. The van der Waals surface area contributed by atoms with Gasteiger partial charge < -0.3 is 9.47 Å². The van der Waals surface area contributed by atoms with Crippen LogP contribution in [0, 0.1) is 0 Å². The zero-order valence-corrected chi connectivity index (χ0v) is 16.1. The molecule has 146 valence electrons. The van der Waals surface area contributed by atoms with Gasteiger partial charge in [-0.15, -0.1) is 0 Å². The number of rotatable bonds is 4. The molecule has 0 spiro atoms. The molecule has 0 N–H and O–H groups in total. The van der Waals surface area contributed by atoms with Crippen molar-refractivity contribution in [1.82, 2.24) is 23.6 Å². The van der Waals surface area contributed by atoms with Gasteiger partial charge >= 0.3 is 5.69 Å². The summed E-state index contributed by atoms with van der Waals surface area (Å²) in [5.41, 5.74) is 0.819. The van der Waals surface area contributed by atoms with Crippen molar-refractivity contribution in [2.45, 2.75) is 25.8 Å². The SMILES string of the molecule is Cn1c(=O)c2c(nc(CC(=O)N3CCCC3)n2Cc2ccccc2)n(C)c1=O. The number of aryl methyl sites for hydroxylation is 1. The number of carbonyl (C=O) groups is 1. The number of aromatic nitrogens is 4. The van der Waals surface area contributed by atoms with Crippen LogP contribution in [0.15, 0.2) is 39.9 Å². The number of hydrogen-bond donors (Lipinski definition) is 0. The Balaban J connectivity index is 1.87. The maximum Gasteiger partial charge on any atom is 0.332 e. The first kappa shape index (κ1) is 18.2. The fourth-order valence-corrected chi connectivity index (χ4v) is 3.78. The van der Waals surface area contributed by atoms with Gasteiger partial charge in [-0.3, -0.25) is 18.7 Å². The molecule has 28 heavy (non-hydrogen) atoms. The Kier molecular flexibility index (Phi) is 4.62. The van der Waals surface area contributed by atoms with E-state index >= 15 is 0 Å². The quantitative estimate of drug-likeness (QED) is 0.664. The van der Waals surface area contributed by atoms with E-state index in [1.165, 1.54) is 11.6 Å². The summed E-state index contributed by atoms with van der Waals surface area (Å²) in [6, 6.07) is 9.71. The molecule has 0 saturated carbocycles. The lowest BCUT2D eigenvalue weighted by Gasteiger charge is -2.15. The Morgan fingerprint density at radius 2 is 1.71 bits per heavy atom. The van der Waals surface area contributed by atoms with Crippen LogP contribution in [-0.4, -0.2) is 42.6 Å². The molecule has 4 rings (SSSR count). The minimum atomic E-state index is -0.431. The summed E-state index contributed by atoms with van der Waals surface area (Å²) in [6.07, 6.45) is 2.14. The highest BCUT2D eigenvalue weighted by atomic mass is 16.2. The van der Waals surface area contributed by atoms with Crippen molar-refractivity contribution in [3.63, 3.8) is 0 Å². The van der Waals surface area contributed by atoms with Crippen molar-refractivity contribution in [2.75, 3.05) is 13.1 Å². The van der Waals surface area contributed by atoms with Crippen molar-refractivity contribution in [3.05, 3.63) is 62.6 Å². The average molecular weight is 381 g/mol. The smallest absolute Gasteiger partial charge is 0.332 e. The summed E-state index contributed by atoms with van der Waals surface area (Å²) >= 11 is 0. The van der Waals surface area contributed by atoms with E-state index < -0.39 is 11.2 Å². The summed E-state index contributed by atoms with van der Waals surface area (Å²) in [5.74, 6) is 0.512. The van der Waals surface area contributed by atoms with E-state index in [1.807, 2.05) is 35.2 Å². The maximum atomic E-state index is 12.9. The van der Waals surface area contributed by atoms with E-state index in [9.17, 15) is 14.4 Å². The molecule has 1 saturated heterocycles. The first-order valence-electron chi connectivity index (χ1n) is 9.44. The van der Waals surface area contributed by atoms with Crippen molar-refractivity contribution >= 4 is 17.1 Å². The Bertz CT molecular complexity index is 1150. The second-order valence-corrected chi connectivity index (χ2v) is 7.24. The Labute approximate surface area is 161 Å². The summed E-state index contributed by atoms with van der Waals surface area (Å²) in [7, 11) is 3.05. The second-order valence-electron chi connectivity index (χ2n) is 7.24. The molecular formula is C20H23N5O3. The Morgan fingerprint density at radius 1 is 1.04 bits per heavy atom. The second kappa shape index (κ2) is 7.10. The minimum Gasteiger partial charge on any atom is -0.342 e. The van der Waals surface area contributed by atoms with Crippen LogP contribution in [0.2, 0.25) is 0 Å². The molecule has 0 aliphatic carbocycles. The van der Waals surface area contributed by atoms with Crippen LogP contribution >= 0.6 is 0 Å². The van der Waals surface area contributed by atoms with Gasteiger partial charge in [0.25, 0.3) is 5.56 Å². The molecule has 3 aromatic rings. The van der Waals surface area contributed by atoms with Gasteiger partial charge in [-0.2, -0.15) is 0 Å². The number of likely N-dealkylation sites (tertiary alicyclic amines) is 1. The van der Waals surface area contributed by atoms with E-state index in [1.54, 1.807) is 11.6 Å². The molecule has 8 nitrogen and oxygen atoms in total. The number of nitrogens with zero attached hydrogens (tertiary/aromatic N) is 5. The third kappa shape index (κ3) is 3.04. The van der Waals surface area contributed by atoms with Gasteiger partial charge in [0.05, 0.1) is 6.42 Å². The van der Waals surface area contributed by atoms with Crippen molar-refractivity contribution in [2.24, 2.45) is 14.1 Å². The van der Waals surface area contributed by atoms with Crippen LogP contribution in [0.4, 0.5) is 0 Å². The zero-order chi connectivity index (χ0) is 19.8. The molecule has 2 aromatic heterocycles. The van der Waals surface area contributed by atoms with Gasteiger partial charge in [-0.05, 0) is 18.4 Å². The lowest BCUT2D eigenvalue weighted by atomic mass is 10.2. The topological polar surface area (TPSA) is 82.1 Å². The first-order valence-corrected chi connectivity index (χ1v) is 9.44. The Hall–Kier alpha value is -3.16. The molecule has 0 radical (unpaired) electrons. The highest BCUT2D eigenvalue weighted by Gasteiger charge is 2.24. The maximum absolute atomic E-state index is 12.9. The fraction of sp³-hybridized carbons (Fsp3) is 0.400. The molecule has 1 amide bonds. The predicted molar refractivity (Wildman–Crippen MR) is 105 cm³/mol. The number of hydrogen-bond acceptors (Lipinski definition) is 4. The van der Waals surface area contributed by atoms with E-state index in [0.717, 1.165) is 36.1 Å². The normalized spacial score (nSPS) is 14.1. The summed E-state index contributed by atoms with van der Waals surface area (Å²) in [4.78, 5) is 44.3. The lowest BCUT2D eigenvalue weighted by molar-refractivity contribution is -0.129. The lowest BCUT2D eigenvalue weighted by Crippen LogP contribution is -2.37. The molecule has 1 fully saturated rings. The van der Waals surface area contributed by atoms with Gasteiger partial charge in [0.15, 0.2) is 11.2 Å². The monoisotopic (exact) mass is 381 g/mol. The van der Waals surface area contributed by atoms with Crippen LogP contribution in [0.1, 0.15) is 24.2 Å². The zero-order valence-electron chi connectivity index (χ0n) is 16.1. The summed E-state index contributed by atoms with van der Waals surface area (Å²) in [6.45, 7) is 1.93. The molecule has 0 bridgehead atoms. The van der Waals surface area contributed by atoms with Crippen molar-refractivity contribution < 1.29 is 4.79 Å². The van der Waals surface area contributed by atoms with Gasteiger partial charge in [-0.25, -0.2) is 9.78 Å². The molecular weight excluding hydrogens is 358 g/mol. The highest BCUT2D eigenvalue weighted by molar-refractivity contribution is 5.80. The van der Waals surface area contributed by atoms with Gasteiger partial charge in [0.1, 0.15) is 5.82 Å². The molecule has 0 unspecified atom stereocenters. The fourth-order valence-electron chi connectivity index (χ4n) is 3.78. The minimum absolute atomic E-state index is 0.00365. The van der Waals surface area contributed by atoms with Crippen molar-refractivity contribution in [1.29, 1.82) is 0 Å². The molecule has 1 aliphatic heterocycles. The third-order valence-corrected chi connectivity index (χ3v) is 5.38. The number of fused-ring (bicyclic) bond motifs is 1. The summed E-state index contributed by atoms with van der Waals surface area (Å²) in [5, 5.41) is 0. The largest absolute Gasteiger partial charge is 0.342 e. The number of imidazole rings is 1. The number of carbonyl (C=O) groups excluding carboxylic acids is 1.